The summed E-state index contributed by atoms with van der Waals surface area (Å²) in [5.74, 6) is 0.975. The smallest absolute Gasteiger partial charge is 0.247 e. The van der Waals surface area contributed by atoms with E-state index in [0.29, 0.717) is 29.9 Å². The average molecular weight is 417 g/mol. The van der Waals surface area contributed by atoms with Crippen LogP contribution in [0.3, 0.4) is 0 Å². The van der Waals surface area contributed by atoms with Crippen molar-refractivity contribution in [2.75, 3.05) is 13.1 Å². The lowest BCUT2D eigenvalue weighted by Gasteiger charge is -2.15. The van der Waals surface area contributed by atoms with Gasteiger partial charge < -0.3 is 4.42 Å². The number of rotatable bonds is 6. The van der Waals surface area contributed by atoms with Crippen LogP contribution >= 0.6 is 11.8 Å². The fraction of sp³-hybridized carbons (Fsp3) is 0.316. The van der Waals surface area contributed by atoms with Gasteiger partial charge in [0.2, 0.25) is 21.8 Å². The number of hydrogen-bond donors (Lipinski definition) is 0. The Morgan fingerprint density at radius 1 is 1.07 bits per heavy atom. The third kappa shape index (κ3) is 3.96. The first kappa shape index (κ1) is 19.1. The van der Waals surface area contributed by atoms with E-state index in [1.54, 1.807) is 12.1 Å². The van der Waals surface area contributed by atoms with E-state index in [0.717, 1.165) is 18.4 Å². The molecule has 4 rings (SSSR count). The van der Waals surface area contributed by atoms with Crippen LogP contribution in [0, 0.1) is 0 Å². The molecule has 0 amide bonds. The van der Waals surface area contributed by atoms with Gasteiger partial charge in [0.05, 0.1) is 10.3 Å². The van der Waals surface area contributed by atoms with Gasteiger partial charge in [-0.2, -0.15) is 4.31 Å². The number of nitrogens with zero attached hydrogens (tertiary/aromatic N) is 4. The minimum absolute atomic E-state index is 0.112. The maximum absolute atomic E-state index is 12.6. The Morgan fingerprint density at radius 3 is 2.50 bits per heavy atom. The summed E-state index contributed by atoms with van der Waals surface area (Å²) in [6.45, 7) is 3.11. The topological polar surface area (TPSA) is 89.2 Å². The van der Waals surface area contributed by atoms with Crippen LogP contribution in [0.2, 0.25) is 0 Å². The Kier molecular flexibility index (Phi) is 5.47. The molecule has 1 aliphatic heterocycles. The van der Waals surface area contributed by atoms with E-state index in [-0.39, 0.29) is 10.1 Å². The van der Waals surface area contributed by atoms with Crippen molar-refractivity contribution in [1.29, 1.82) is 0 Å². The van der Waals surface area contributed by atoms with Crippen molar-refractivity contribution in [1.82, 2.24) is 19.5 Å². The number of aromatic nitrogens is 3. The lowest BCUT2D eigenvalue weighted by Crippen LogP contribution is -2.27. The van der Waals surface area contributed by atoms with Crippen molar-refractivity contribution < 1.29 is 12.8 Å². The Labute approximate surface area is 168 Å². The minimum atomic E-state index is -3.44. The molecule has 9 heteroatoms. The zero-order valence-corrected chi connectivity index (χ0v) is 17.0. The van der Waals surface area contributed by atoms with E-state index in [2.05, 4.69) is 15.2 Å². The predicted octanol–water partition coefficient (Wildman–Crippen LogP) is 3.77. The van der Waals surface area contributed by atoms with Crippen LogP contribution in [-0.2, 0) is 10.0 Å². The SMILES string of the molecule is C[C@@H](Sc1ccc(S(=O)(=O)N2CCCC2)cn1)c1nnc(-c2ccccc2)o1. The van der Waals surface area contributed by atoms with Gasteiger partial charge in [0.25, 0.3) is 0 Å². The van der Waals surface area contributed by atoms with E-state index in [1.807, 2.05) is 37.3 Å². The van der Waals surface area contributed by atoms with Crippen LogP contribution in [0.1, 0.15) is 30.9 Å². The maximum atomic E-state index is 12.6. The second-order valence-electron chi connectivity index (χ2n) is 6.51. The molecule has 7 nitrogen and oxygen atoms in total. The van der Waals surface area contributed by atoms with Gasteiger partial charge in [-0.1, -0.05) is 30.0 Å². The van der Waals surface area contributed by atoms with Crippen molar-refractivity contribution in [2.24, 2.45) is 0 Å². The molecule has 28 heavy (non-hydrogen) atoms. The highest BCUT2D eigenvalue weighted by molar-refractivity contribution is 7.99. The highest BCUT2D eigenvalue weighted by Gasteiger charge is 2.27. The molecule has 1 fully saturated rings. The van der Waals surface area contributed by atoms with Crippen LogP contribution in [0.15, 0.2) is 63.0 Å². The summed E-state index contributed by atoms with van der Waals surface area (Å²) < 4.78 is 32.4. The first-order valence-electron chi connectivity index (χ1n) is 9.06. The normalized spacial score (nSPS) is 16.3. The van der Waals surface area contributed by atoms with Crippen LogP contribution < -0.4 is 0 Å². The summed E-state index contributed by atoms with van der Waals surface area (Å²) in [5.41, 5.74) is 0.869. The lowest BCUT2D eigenvalue weighted by atomic mass is 10.2. The summed E-state index contributed by atoms with van der Waals surface area (Å²) in [4.78, 5) is 4.55. The first-order chi connectivity index (χ1) is 13.5. The van der Waals surface area contributed by atoms with E-state index >= 15 is 0 Å². The van der Waals surface area contributed by atoms with Gasteiger partial charge in [-0.15, -0.1) is 10.2 Å². The summed E-state index contributed by atoms with van der Waals surface area (Å²) in [6.07, 6.45) is 3.24. The molecule has 3 aromatic rings. The summed E-state index contributed by atoms with van der Waals surface area (Å²) in [7, 11) is -3.44. The molecule has 0 N–H and O–H groups in total. The molecule has 0 radical (unpaired) electrons. The number of sulfonamides is 1. The number of benzene rings is 1. The highest BCUT2D eigenvalue weighted by atomic mass is 32.2. The molecule has 0 bridgehead atoms. The Bertz CT molecular complexity index is 1030. The second kappa shape index (κ2) is 8.02. The molecule has 0 aliphatic carbocycles. The number of hydrogen-bond acceptors (Lipinski definition) is 7. The first-order valence-corrected chi connectivity index (χ1v) is 11.4. The van der Waals surface area contributed by atoms with Crippen LogP contribution in [0.25, 0.3) is 11.5 Å². The number of pyridine rings is 1. The maximum Gasteiger partial charge on any atom is 0.247 e. The van der Waals surface area contributed by atoms with Gasteiger partial charge in [-0.3, -0.25) is 0 Å². The summed E-state index contributed by atoms with van der Waals surface area (Å²) in [6, 6.07) is 12.9. The Hall–Kier alpha value is -2.23. The van der Waals surface area contributed by atoms with Crippen molar-refractivity contribution >= 4 is 21.8 Å². The fourth-order valence-electron chi connectivity index (χ4n) is 2.99. The van der Waals surface area contributed by atoms with Crippen LogP contribution in [0.5, 0.6) is 0 Å². The molecule has 0 unspecified atom stereocenters. The molecule has 1 atom stereocenters. The van der Waals surface area contributed by atoms with Crippen LogP contribution in [0.4, 0.5) is 0 Å². The molecule has 1 saturated heterocycles. The monoisotopic (exact) mass is 416 g/mol. The summed E-state index contributed by atoms with van der Waals surface area (Å²) >= 11 is 1.44. The van der Waals surface area contributed by atoms with Gasteiger partial charge in [0.15, 0.2) is 0 Å². The Balaban J connectivity index is 1.45. The molecule has 3 heterocycles. The molecule has 146 valence electrons. The van der Waals surface area contributed by atoms with Crippen molar-refractivity contribution in [3.63, 3.8) is 0 Å². The van der Waals surface area contributed by atoms with Gasteiger partial charge >= 0.3 is 0 Å². The predicted molar refractivity (Wildman–Crippen MR) is 106 cm³/mol. The molecule has 1 aromatic carbocycles. The van der Waals surface area contributed by atoms with Crippen molar-refractivity contribution in [2.45, 2.75) is 34.9 Å². The largest absolute Gasteiger partial charge is 0.419 e. The van der Waals surface area contributed by atoms with Crippen molar-refractivity contribution in [3.05, 3.63) is 54.6 Å². The average Bonchev–Trinajstić information content (AvgIpc) is 3.42. The van der Waals surface area contributed by atoms with E-state index in [1.165, 1.54) is 22.3 Å². The highest BCUT2D eigenvalue weighted by Crippen LogP contribution is 2.34. The molecule has 2 aromatic heterocycles. The molecular formula is C19H20N4O3S2. The molecule has 0 saturated carbocycles. The summed E-state index contributed by atoms with van der Waals surface area (Å²) in [5, 5.41) is 8.82. The van der Waals surface area contributed by atoms with E-state index < -0.39 is 10.0 Å². The molecule has 0 spiro atoms. The molecule has 1 aliphatic rings. The minimum Gasteiger partial charge on any atom is -0.419 e. The van der Waals surface area contributed by atoms with Crippen LogP contribution in [-0.4, -0.2) is 41.0 Å². The zero-order chi connectivity index (χ0) is 19.6. The van der Waals surface area contributed by atoms with E-state index in [9.17, 15) is 8.42 Å². The standard InChI is InChI=1S/C19H20N4O3S2/c1-14(18-21-22-19(26-18)15-7-3-2-4-8-15)27-17-10-9-16(13-20-17)28(24,25)23-11-5-6-12-23/h2-4,7-10,13-14H,5-6,11-12H2,1H3/t14-/m1/s1. The van der Waals surface area contributed by atoms with Gasteiger partial charge in [-0.05, 0) is 44.0 Å². The number of thioether (sulfide) groups is 1. The van der Waals surface area contributed by atoms with Gasteiger partial charge in [0.1, 0.15) is 4.90 Å². The molecular weight excluding hydrogens is 396 g/mol. The van der Waals surface area contributed by atoms with Gasteiger partial charge in [0, 0.05) is 24.8 Å². The third-order valence-corrected chi connectivity index (χ3v) is 7.44. The fourth-order valence-corrected chi connectivity index (χ4v) is 5.28. The van der Waals surface area contributed by atoms with Gasteiger partial charge in [-0.25, -0.2) is 13.4 Å². The second-order valence-corrected chi connectivity index (χ2v) is 9.81. The lowest BCUT2D eigenvalue weighted by molar-refractivity contribution is 0.477. The van der Waals surface area contributed by atoms with E-state index in [4.69, 9.17) is 4.42 Å². The Morgan fingerprint density at radius 2 is 1.82 bits per heavy atom. The quantitative estimate of drug-likeness (QED) is 0.565. The van der Waals surface area contributed by atoms with Crippen molar-refractivity contribution in [3.8, 4) is 11.5 Å². The third-order valence-electron chi connectivity index (χ3n) is 4.52. The zero-order valence-electron chi connectivity index (χ0n) is 15.4.